The normalized spacial score (nSPS) is 17.7. The molecule has 1 aromatic carbocycles. The van der Waals surface area contributed by atoms with Gasteiger partial charge in [0.1, 0.15) is 0 Å². The molecule has 4 rings (SSSR count). The molecular formula is C18H18F2N4O. The third-order valence-electron chi connectivity index (χ3n) is 4.72. The summed E-state index contributed by atoms with van der Waals surface area (Å²) >= 11 is 0. The molecule has 2 fully saturated rings. The highest BCUT2D eigenvalue weighted by Crippen LogP contribution is 2.38. The van der Waals surface area contributed by atoms with Crippen LogP contribution in [-0.2, 0) is 0 Å². The van der Waals surface area contributed by atoms with E-state index in [2.05, 4.69) is 15.1 Å². The van der Waals surface area contributed by atoms with Gasteiger partial charge in [0.25, 0.3) is 5.91 Å². The average Bonchev–Trinajstić information content (AvgIpc) is 3.49. The highest BCUT2D eigenvalue weighted by atomic mass is 19.2. The quantitative estimate of drug-likeness (QED) is 0.859. The molecule has 0 radical (unpaired) electrons. The van der Waals surface area contributed by atoms with Gasteiger partial charge in [0.15, 0.2) is 17.5 Å². The molecular weight excluding hydrogens is 326 g/mol. The van der Waals surface area contributed by atoms with Crippen LogP contribution in [0.5, 0.6) is 0 Å². The molecule has 1 aliphatic carbocycles. The van der Waals surface area contributed by atoms with Crippen molar-refractivity contribution >= 4 is 11.7 Å². The van der Waals surface area contributed by atoms with Crippen molar-refractivity contribution in [1.29, 1.82) is 0 Å². The van der Waals surface area contributed by atoms with Gasteiger partial charge in [0.05, 0.1) is 5.69 Å². The maximum atomic E-state index is 13.3. The predicted octanol–water partition coefficient (Wildman–Crippen LogP) is 2.59. The van der Waals surface area contributed by atoms with Gasteiger partial charge in [-0.15, -0.1) is 5.10 Å². The molecule has 7 heteroatoms. The number of carbonyl (C=O) groups excluding carboxylic acids is 1. The van der Waals surface area contributed by atoms with E-state index in [1.807, 2.05) is 12.1 Å². The van der Waals surface area contributed by atoms with Crippen LogP contribution in [0.4, 0.5) is 14.6 Å². The fourth-order valence-electron chi connectivity index (χ4n) is 3.05. The Bertz CT molecular complexity index is 784. The first-order valence-electron chi connectivity index (χ1n) is 8.45. The third-order valence-corrected chi connectivity index (χ3v) is 4.72. The first kappa shape index (κ1) is 15.9. The van der Waals surface area contributed by atoms with Crippen LogP contribution < -0.4 is 4.90 Å². The Balaban J connectivity index is 1.38. The Kier molecular flexibility index (Phi) is 4.07. The van der Waals surface area contributed by atoms with Gasteiger partial charge in [0.2, 0.25) is 0 Å². The van der Waals surface area contributed by atoms with Gasteiger partial charge < -0.3 is 9.80 Å². The summed E-state index contributed by atoms with van der Waals surface area (Å²) in [5.74, 6) is -0.852. The van der Waals surface area contributed by atoms with Gasteiger partial charge in [0, 0.05) is 37.7 Å². The van der Waals surface area contributed by atoms with Crippen LogP contribution in [0.15, 0.2) is 30.3 Å². The summed E-state index contributed by atoms with van der Waals surface area (Å²) in [7, 11) is 0. The number of piperazine rings is 1. The van der Waals surface area contributed by atoms with Crippen LogP contribution in [0.3, 0.4) is 0 Å². The van der Waals surface area contributed by atoms with Gasteiger partial charge in [-0.25, -0.2) is 8.78 Å². The lowest BCUT2D eigenvalue weighted by Gasteiger charge is -2.35. The van der Waals surface area contributed by atoms with E-state index >= 15 is 0 Å². The molecule has 5 nitrogen and oxygen atoms in total. The second kappa shape index (κ2) is 6.38. The SMILES string of the molecule is O=C(c1ccc(F)c(F)c1)N1CCN(c2ccc(C3CC3)nn2)CC1. The van der Waals surface area contributed by atoms with Gasteiger partial charge in [-0.1, -0.05) is 0 Å². The monoisotopic (exact) mass is 344 g/mol. The summed E-state index contributed by atoms with van der Waals surface area (Å²) < 4.78 is 26.3. The summed E-state index contributed by atoms with van der Waals surface area (Å²) in [5, 5.41) is 8.58. The van der Waals surface area contributed by atoms with Crippen LogP contribution in [0, 0.1) is 11.6 Å². The van der Waals surface area contributed by atoms with E-state index in [0.717, 1.165) is 23.6 Å². The number of rotatable bonds is 3. The second-order valence-corrected chi connectivity index (χ2v) is 6.50. The lowest BCUT2D eigenvalue weighted by atomic mass is 10.1. The summed E-state index contributed by atoms with van der Waals surface area (Å²) in [4.78, 5) is 16.2. The molecule has 1 amide bonds. The number of hydrogen-bond acceptors (Lipinski definition) is 4. The topological polar surface area (TPSA) is 49.3 Å². The van der Waals surface area contributed by atoms with Crippen molar-refractivity contribution in [2.24, 2.45) is 0 Å². The molecule has 0 bridgehead atoms. The number of halogens is 2. The van der Waals surface area contributed by atoms with Crippen LogP contribution in [0.1, 0.15) is 34.8 Å². The zero-order valence-corrected chi connectivity index (χ0v) is 13.7. The van der Waals surface area contributed by atoms with Crippen molar-refractivity contribution in [2.75, 3.05) is 31.1 Å². The zero-order valence-electron chi connectivity index (χ0n) is 13.7. The van der Waals surface area contributed by atoms with Gasteiger partial charge in [-0.3, -0.25) is 4.79 Å². The Labute approximate surface area is 144 Å². The van der Waals surface area contributed by atoms with E-state index in [0.29, 0.717) is 32.1 Å². The number of amides is 1. The molecule has 0 spiro atoms. The summed E-state index contributed by atoms with van der Waals surface area (Å²) in [6.07, 6.45) is 2.39. The van der Waals surface area contributed by atoms with Crippen LogP contribution in [-0.4, -0.2) is 47.2 Å². The van der Waals surface area contributed by atoms with Crippen LogP contribution in [0.2, 0.25) is 0 Å². The first-order valence-corrected chi connectivity index (χ1v) is 8.45. The highest BCUT2D eigenvalue weighted by Gasteiger charge is 2.27. The Hall–Kier alpha value is -2.57. The van der Waals surface area contributed by atoms with Crippen LogP contribution in [0.25, 0.3) is 0 Å². The largest absolute Gasteiger partial charge is 0.352 e. The lowest BCUT2D eigenvalue weighted by Crippen LogP contribution is -2.49. The number of anilines is 1. The predicted molar refractivity (Wildman–Crippen MR) is 88.5 cm³/mol. The molecule has 0 atom stereocenters. The van der Waals surface area contributed by atoms with E-state index < -0.39 is 11.6 Å². The highest BCUT2D eigenvalue weighted by molar-refractivity contribution is 5.94. The summed E-state index contributed by atoms with van der Waals surface area (Å²) in [6, 6.07) is 7.25. The van der Waals surface area contributed by atoms with Crippen molar-refractivity contribution in [3.05, 3.63) is 53.2 Å². The number of hydrogen-bond donors (Lipinski definition) is 0. The van der Waals surface area contributed by atoms with Crippen LogP contribution >= 0.6 is 0 Å². The van der Waals surface area contributed by atoms with E-state index in [9.17, 15) is 13.6 Å². The molecule has 130 valence electrons. The number of carbonyl (C=O) groups is 1. The van der Waals surface area contributed by atoms with Crippen molar-refractivity contribution in [3.63, 3.8) is 0 Å². The minimum absolute atomic E-state index is 0.168. The number of nitrogens with zero attached hydrogens (tertiary/aromatic N) is 4. The molecule has 1 saturated heterocycles. The molecule has 1 aliphatic heterocycles. The molecule has 2 heterocycles. The molecule has 1 aromatic heterocycles. The minimum Gasteiger partial charge on any atom is -0.352 e. The minimum atomic E-state index is -1.00. The number of aromatic nitrogens is 2. The Morgan fingerprint density at radius 3 is 2.32 bits per heavy atom. The maximum absolute atomic E-state index is 13.3. The van der Waals surface area contributed by atoms with E-state index in [-0.39, 0.29) is 11.5 Å². The van der Waals surface area contributed by atoms with E-state index in [4.69, 9.17) is 0 Å². The summed E-state index contributed by atoms with van der Waals surface area (Å²) in [6.45, 7) is 2.27. The molecule has 2 aromatic rings. The van der Waals surface area contributed by atoms with Gasteiger partial charge >= 0.3 is 0 Å². The van der Waals surface area contributed by atoms with E-state index in [1.165, 1.54) is 18.9 Å². The Morgan fingerprint density at radius 2 is 1.72 bits per heavy atom. The third kappa shape index (κ3) is 3.31. The van der Waals surface area contributed by atoms with Gasteiger partial charge in [-0.05, 0) is 43.2 Å². The fourth-order valence-corrected chi connectivity index (χ4v) is 3.05. The Morgan fingerprint density at radius 1 is 0.960 bits per heavy atom. The van der Waals surface area contributed by atoms with Crippen molar-refractivity contribution in [1.82, 2.24) is 15.1 Å². The second-order valence-electron chi connectivity index (χ2n) is 6.50. The fraction of sp³-hybridized carbons (Fsp3) is 0.389. The molecule has 2 aliphatic rings. The van der Waals surface area contributed by atoms with Crippen molar-refractivity contribution in [2.45, 2.75) is 18.8 Å². The standard InChI is InChI=1S/C18H18F2N4O/c19-14-4-3-13(11-15(14)20)18(25)24-9-7-23(8-10-24)17-6-5-16(21-22-17)12-1-2-12/h3-6,11-12H,1-2,7-10H2. The van der Waals surface area contributed by atoms with Crippen molar-refractivity contribution < 1.29 is 13.6 Å². The maximum Gasteiger partial charge on any atom is 0.254 e. The molecule has 0 N–H and O–H groups in total. The smallest absolute Gasteiger partial charge is 0.254 e. The molecule has 25 heavy (non-hydrogen) atoms. The zero-order chi connectivity index (χ0) is 17.4. The van der Waals surface area contributed by atoms with Gasteiger partial charge in [-0.2, -0.15) is 5.10 Å². The average molecular weight is 344 g/mol. The van der Waals surface area contributed by atoms with E-state index in [1.54, 1.807) is 4.90 Å². The number of benzene rings is 1. The van der Waals surface area contributed by atoms with Crippen molar-refractivity contribution in [3.8, 4) is 0 Å². The lowest BCUT2D eigenvalue weighted by molar-refractivity contribution is 0.0746. The molecule has 1 saturated carbocycles. The molecule has 0 unspecified atom stereocenters. The first-order chi connectivity index (χ1) is 12.1. The summed E-state index contributed by atoms with van der Waals surface area (Å²) in [5.41, 5.74) is 1.22.